The van der Waals surface area contributed by atoms with Gasteiger partial charge >= 0.3 is 0 Å². The topological polar surface area (TPSA) is 52.0 Å². The van der Waals surface area contributed by atoms with Crippen molar-refractivity contribution in [2.75, 3.05) is 14.2 Å². The fourth-order valence-corrected chi connectivity index (χ4v) is 3.10. The van der Waals surface area contributed by atoms with Crippen molar-refractivity contribution in [3.63, 3.8) is 0 Å². The third-order valence-electron chi connectivity index (χ3n) is 3.22. The number of thiazole rings is 1. The SMILES string of the molecule is CCCn1ncc(OC)c1C(Cc1nc(C)cs1)NC. The van der Waals surface area contributed by atoms with E-state index in [1.807, 2.05) is 18.7 Å². The molecule has 5 nitrogen and oxygen atoms in total. The van der Waals surface area contributed by atoms with E-state index in [4.69, 9.17) is 4.74 Å². The Bertz CT molecular complexity index is 549. The molecule has 0 bridgehead atoms. The zero-order chi connectivity index (χ0) is 14.5. The molecule has 0 fully saturated rings. The van der Waals surface area contributed by atoms with E-state index in [9.17, 15) is 0 Å². The molecule has 0 spiro atoms. The first-order chi connectivity index (χ1) is 9.69. The molecule has 1 N–H and O–H groups in total. The first-order valence-electron chi connectivity index (χ1n) is 6.87. The highest BCUT2D eigenvalue weighted by Gasteiger charge is 2.21. The van der Waals surface area contributed by atoms with E-state index in [2.05, 4.69) is 27.7 Å². The first kappa shape index (κ1) is 15.0. The van der Waals surface area contributed by atoms with Crippen molar-refractivity contribution in [3.05, 3.63) is 28.0 Å². The van der Waals surface area contributed by atoms with Gasteiger partial charge in [-0.25, -0.2) is 4.98 Å². The smallest absolute Gasteiger partial charge is 0.161 e. The minimum absolute atomic E-state index is 0.157. The molecular formula is C14H22N4OS. The summed E-state index contributed by atoms with van der Waals surface area (Å²) in [6.07, 6.45) is 3.69. The van der Waals surface area contributed by atoms with Crippen LogP contribution in [0.25, 0.3) is 0 Å². The van der Waals surface area contributed by atoms with E-state index in [0.717, 1.165) is 41.5 Å². The molecule has 0 aliphatic carbocycles. The molecule has 0 aromatic carbocycles. The fraction of sp³-hybridized carbons (Fsp3) is 0.571. The maximum Gasteiger partial charge on any atom is 0.161 e. The molecule has 2 aromatic heterocycles. The molecule has 2 heterocycles. The summed E-state index contributed by atoms with van der Waals surface area (Å²) in [5, 5.41) is 11.0. The van der Waals surface area contributed by atoms with Crippen LogP contribution in [0.5, 0.6) is 5.75 Å². The van der Waals surface area contributed by atoms with Gasteiger partial charge in [-0.15, -0.1) is 11.3 Å². The van der Waals surface area contributed by atoms with Gasteiger partial charge in [-0.2, -0.15) is 5.10 Å². The van der Waals surface area contributed by atoms with Crippen LogP contribution >= 0.6 is 11.3 Å². The van der Waals surface area contributed by atoms with Gasteiger partial charge in [0.15, 0.2) is 5.75 Å². The Labute approximate surface area is 124 Å². The van der Waals surface area contributed by atoms with E-state index in [-0.39, 0.29) is 6.04 Å². The van der Waals surface area contributed by atoms with E-state index in [1.54, 1.807) is 24.6 Å². The largest absolute Gasteiger partial charge is 0.493 e. The van der Waals surface area contributed by atoms with Crippen LogP contribution in [-0.4, -0.2) is 28.9 Å². The second-order valence-corrected chi connectivity index (χ2v) is 5.69. The quantitative estimate of drug-likeness (QED) is 0.852. The standard InChI is InChI=1S/C14H22N4OS/c1-5-6-18-14(12(19-4)8-16-18)11(15-3)7-13-17-10(2)9-20-13/h8-9,11,15H,5-7H2,1-4H3. The number of nitrogens with zero attached hydrogens (tertiary/aromatic N) is 3. The lowest BCUT2D eigenvalue weighted by atomic mass is 10.1. The number of aryl methyl sites for hydroxylation is 2. The second-order valence-electron chi connectivity index (χ2n) is 4.75. The highest BCUT2D eigenvalue weighted by Crippen LogP contribution is 2.28. The monoisotopic (exact) mass is 294 g/mol. The van der Waals surface area contributed by atoms with Gasteiger partial charge in [0, 0.05) is 24.0 Å². The van der Waals surface area contributed by atoms with Gasteiger partial charge in [0.1, 0.15) is 0 Å². The predicted molar refractivity (Wildman–Crippen MR) is 81.4 cm³/mol. The molecule has 110 valence electrons. The van der Waals surface area contributed by atoms with Crippen molar-refractivity contribution in [2.45, 2.75) is 39.3 Å². The van der Waals surface area contributed by atoms with Gasteiger partial charge in [-0.05, 0) is 20.4 Å². The summed E-state index contributed by atoms with van der Waals surface area (Å²) < 4.78 is 7.49. The molecule has 20 heavy (non-hydrogen) atoms. The van der Waals surface area contributed by atoms with E-state index in [0.29, 0.717) is 0 Å². The van der Waals surface area contributed by atoms with Gasteiger partial charge in [-0.3, -0.25) is 4.68 Å². The average molecular weight is 294 g/mol. The minimum Gasteiger partial charge on any atom is -0.493 e. The average Bonchev–Trinajstić information content (AvgIpc) is 3.03. The number of nitrogens with one attached hydrogen (secondary N) is 1. The molecule has 0 radical (unpaired) electrons. The van der Waals surface area contributed by atoms with Crippen LogP contribution in [0.1, 0.15) is 35.8 Å². The lowest BCUT2D eigenvalue weighted by Crippen LogP contribution is -2.23. The third-order valence-corrected chi connectivity index (χ3v) is 4.21. The highest BCUT2D eigenvalue weighted by atomic mass is 32.1. The van der Waals surface area contributed by atoms with Gasteiger partial charge in [-0.1, -0.05) is 6.92 Å². The summed E-state index contributed by atoms with van der Waals surface area (Å²) in [5.41, 5.74) is 2.18. The van der Waals surface area contributed by atoms with Gasteiger partial charge in [0.2, 0.25) is 0 Å². The maximum atomic E-state index is 5.46. The zero-order valence-electron chi connectivity index (χ0n) is 12.5. The molecule has 6 heteroatoms. The van der Waals surface area contributed by atoms with Crippen LogP contribution in [0.4, 0.5) is 0 Å². The molecule has 0 aliphatic heterocycles. The van der Waals surface area contributed by atoms with Gasteiger partial charge in [0.05, 0.1) is 30.1 Å². The zero-order valence-corrected chi connectivity index (χ0v) is 13.3. The number of ether oxygens (including phenoxy) is 1. The molecule has 0 aliphatic rings. The summed E-state index contributed by atoms with van der Waals surface area (Å²) in [7, 11) is 3.66. The summed E-state index contributed by atoms with van der Waals surface area (Å²) in [4.78, 5) is 4.55. The summed E-state index contributed by atoms with van der Waals surface area (Å²) in [6.45, 7) is 5.07. The highest BCUT2D eigenvalue weighted by molar-refractivity contribution is 7.09. The maximum absolute atomic E-state index is 5.46. The Kier molecular flexibility index (Phi) is 5.14. The van der Waals surface area contributed by atoms with Crippen LogP contribution in [0.2, 0.25) is 0 Å². The lowest BCUT2D eigenvalue weighted by Gasteiger charge is -2.18. The molecule has 2 rings (SSSR count). The van der Waals surface area contributed by atoms with Crippen molar-refractivity contribution in [2.24, 2.45) is 0 Å². The minimum atomic E-state index is 0.157. The van der Waals surface area contributed by atoms with Gasteiger partial charge < -0.3 is 10.1 Å². The Morgan fingerprint density at radius 2 is 2.30 bits per heavy atom. The van der Waals surface area contributed by atoms with Crippen LogP contribution in [0, 0.1) is 6.92 Å². The third kappa shape index (κ3) is 3.19. The van der Waals surface area contributed by atoms with Crippen LogP contribution in [0.3, 0.4) is 0 Å². The van der Waals surface area contributed by atoms with Crippen molar-refractivity contribution in [1.29, 1.82) is 0 Å². The lowest BCUT2D eigenvalue weighted by molar-refractivity contribution is 0.393. The van der Waals surface area contributed by atoms with Crippen molar-refractivity contribution in [1.82, 2.24) is 20.1 Å². The number of likely N-dealkylation sites (N-methyl/N-ethyl adjacent to an activating group) is 1. The number of aromatic nitrogens is 3. The van der Waals surface area contributed by atoms with Crippen LogP contribution in [0.15, 0.2) is 11.6 Å². The molecule has 2 aromatic rings. The molecule has 0 amide bonds. The first-order valence-corrected chi connectivity index (χ1v) is 7.75. The molecular weight excluding hydrogens is 272 g/mol. The van der Waals surface area contributed by atoms with Crippen molar-refractivity contribution in [3.8, 4) is 5.75 Å². The van der Waals surface area contributed by atoms with Crippen molar-refractivity contribution < 1.29 is 4.74 Å². The summed E-state index contributed by atoms with van der Waals surface area (Å²) >= 11 is 1.70. The van der Waals surface area contributed by atoms with E-state index in [1.165, 1.54) is 0 Å². The molecule has 0 saturated carbocycles. The molecule has 0 saturated heterocycles. The number of hydrogen-bond donors (Lipinski definition) is 1. The Morgan fingerprint density at radius 1 is 1.50 bits per heavy atom. The van der Waals surface area contributed by atoms with Crippen LogP contribution < -0.4 is 10.1 Å². The van der Waals surface area contributed by atoms with Crippen molar-refractivity contribution >= 4 is 11.3 Å². The number of rotatable bonds is 7. The van der Waals surface area contributed by atoms with E-state index < -0.39 is 0 Å². The fourth-order valence-electron chi connectivity index (χ4n) is 2.28. The normalized spacial score (nSPS) is 12.6. The Morgan fingerprint density at radius 3 is 2.85 bits per heavy atom. The van der Waals surface area contributed by atoms with Crippen LogP contribution in [-0.2, 0) is 13.0 Å². The summed E-state index contributed by atoms with van der Waals surface area (Å²) in [6, 6.07) is 0.157. The number of hydrogen-bond acceptors (Lipinski definition) is 5. The van der Waals surface area contributed by atoms with E-state index >= 15 is 0 Å². The van der Waals surface area contributed by atoms with Gasteiger partial charge in [0.25, 0.3) is 0 Å². The predicted octanol–water partition coefficient (Wildman–Crippen LogP) is 2.57. The molecule has 1 atom stereocenters. The number of methoxy groups -OCH3 is 1. The molecule has 1 unspecified atom stereocenters. The Hall–Kier alpha value is -1.40. The Balaban J connectivity index is 2.27. The second kappa shape index (κ2) is 6.85. The summed E-state index contributed by atoms with van der Waals surface area (Å²) in [5.74, 6) is 0.839.